The van der Waals surface area contributed by atoms with Crippen molar-refractivity contribution in [3.8, 4) is 0 Å². The maximum Gasteiger partial charge on any atom is 0.262 e. The van der Waals surface area contributed by atoms with Gasteiger partial charge in [-0.15, -0.1) is 0 Å². The standard InChI is InChI=1S/C8H14F2N2/c1-12-6-8(9,10)4-7(12)2-3-11-5-7/h11H,2-6H2,1H3. The number of halogens is 2. The Hall–Kier alpha value is -0.220. The second-order valence-corrected chi connectivity index (χ2v) is 4.04. The first-order valence-corrected chi connectivity index (χ1v) is 4.34. The third-order valence-electron chi connectivity index (χ3n) is 3.09. The number of hydrogen-bond acceptors (Lipinski definition) is 2. The summed E-state index contributed by atoms with van der Waals surface area (Å²) in [5.41, 5.74) is -0.247. The van der Waals surface area contributed by atoms with E-state index >= 15 is 0 Å². The Balaban J connectivity index is 2.17. The summed E-state index contributed by atoms with van der Waals surface area (Å²) in [6.45, 7) is 1.52. The molecular formula is C8H14F2N2. The molecule has 2 rings (SSSR count). The minimum Gasteiger partial charge on any atom is -0.315 e. The van der Waals surface area contributed by atoms with Crippen molar-refractivity contribution in [1.29, 1.82) is 0 Å². The molecule has 0 aromatic carbocycles. The highest BCUT2D eigenvalue weighted by molar-refractivity contribution is 5.05. The van der Waals surface area contributed by atoms with Crippen LogP contribution in [0, 0.1) is 0 Å². The molecule has 1 atom stereocenters. The van der Waals surface area contributed by atoms with Gasteiger partial charge < -0.3 is 5.32 Å². The molecule has 2 aliphatic heterocycles. The molecule has 0 aromatic heterocycles. The Morgan fingerprint density at radius 2 is 2.17 bits per heavy atom. The summed E-state index contributed by atoms with van der Waals surface area (Å²) >= 11 is 0. The Morgan fingerprint density at radius 3 is 2.58 bits per heavy atom. The molecule has 0 aromatic rings. The van der Waals surface area contributed by atoms with Crippen molar-refractivity contribution in [3.05, 3.63) is 0 Å². The molecule has 2 fully saturated rings. The van der Waals surface area contributed by atoms with Gasteiger partial charge in [-0.05, 0) is 20.0 Å². The Morgan fingerprint density at radius 1 is 1.42 bits per heavy atom. The van der Waals surface area contributed by atoms with E-state index in [0.717, 1.165) is 19.5 Å². The second kappa shape index (κ2) is 2.39. The first kappa shape index (κ1) is 8.38. The van der Waals surface area contributed by atoms with Gasteiger partial charge in [0.2, 0.25) is 0 Å². The molecule has 1 spiro atoms. The third kappa shape index (κ3) is 1.13. The smallest absolute Gasteiger partial charge is 0.262 e. The van der Waals surface area contributed by atoms with E-state index in [1.54, 1.807) is 7.05 Å². The largest absolute Gasteiger partial charge is 0.315 e. The molecule has 0 radical (unpaired) electrons. The molecule has 0 aliphatic carbocycles. The summed E-state index contributed by atoms with van der Waals surface area (Å²) in [4.78, 5) is 1.81. The molecule has 2 saturated heterocycles. The fraction of sp³-hybridized carbons (Fsp3) is 1.00. The zero-order valence-corrected chi connectivity index (χ0v) is 7.24. The van der Waals surface area contributed by atoms with Crippen LogP contribution in [0.4, 0.5) is 8.78 Å². The van der Waals surface area contributed by atoms with Gasteiger partial charge in [0.05, 0.1) is 6.54 Å². The Labute approximate surface area is 70.9 Å². The van der Waals surface area contributed by atoms with Crippen molar-refractivity contribution < 1.29 is 8.78 Å². The molecule has 70 valence electrons. The lowest BCUT2D eigenvalue weighted by atomic mass is 9.95. The first-order valence-electron chi connectivity index (χ1n) is 4.34. The summed E-state index contributed by atoms with van der Waals surface area (Å²) in [6.07, 6.45) is 0.891. The van der Waals surface area contributed by atoms with Crippen LogP contribution in [-0.4, -0.2) is 43.0 Å². The van der Waals surface area contributed by atoms with Crippen molar-refractivity contribution in [2.45, 2.75) is 24.3 Å². The topological polar surface area (TPSA) is 15.3 Å². The molecule has 2 heterocycles. The predicted octanol–water partition coefficient (Wildman–Crippen LogP) is 0.689. The zero-order chi connectivity index (χ0) is 8.82. The lowest BCUT2D eigenvalue weighted by Crippen LogP contribution is -2.42. The summed E-state index contributed by atoms with van der Waals surface area (Å²) in [7, 11) is 1.80. The van der Waals surface area contributed by atoms with Crippen LogP contribution in [-0.2, 0) is 0 Å². The monoisotopic (exact) mass is 176 g/mol. The molecule has 2 nitrogen and oxygen atoms in total. The second-order valence-electron chi connectivity index (χ2n) is 4.04. The molecule has 12 heavy (non-hydrogen) atoms. The van der Waals surface area contributed by atoms with Crippen molar-refractivity contribution in [2.24, 2.45) is 0 Å². The van der Waals surface area contributed by atoms with Crippen LogP contribution >= 0.6 is 0 Å². The van der Waals surface area contributed by atoms with Crippen LogP contribution in [0.2, 0.25) is 0 Å². The normalized spacial score (nSPS) is 41.2. The Kier molecular flexibility index (Phi) is 1.67. The quantitative estimate of drug-likeness (QED) is 0.584. The van der Waals surface area contributed by atoms with Gasteiger partial charge in [-0.25, -0.2) is 8.78 Å². The van der Waals surface area contributed by atoms with Crippen molar-refractivity contribution in [1.82, 2.24) is 10.2 Å². The summed E-state index contributed by atoms with van der Waals surface area (Å²) < 4.78 is 26.0. The van der Waals surface area contributed by atoms with Gasteiger partial charge in [-0.1, -0.05) is 0 Å². The number of hydrogen-bond donors (Lipinski definition) is 1. The first-order chi connectivity index (χ1) is 5.54. The molecule has 1 N–H and O–H groups in total. The number of nitrogens with one attached hydrogen (secondary N) is 1. The van der Waals surface area contributed by atoms with Crippen molar-refractivity contribution >= 4 is 0 Å². The fourth-order valence-corrected chi connectivity index (χ4v) is 2.39. The average Bonchev–Trinajstić information content (AvgIpc) is 2.42. The van der Waals surface area contributed by atoms with Crippen LogP contribution in [0.25, 0.3) is 0 Å². The van der Waals surface area contributed by atoms with E-state index in [4.69, 9.17) is 0 Å². The maximum absolute atomic E-state index is 13.0. The van der Waals surface area contributed by atoms with Gasteiger partial charge in [0.25, 0.3) is 5.92 Å². The summed E-state index contributed by atoms with van der Waals surface area (Å²) in [5.74, 6) is -2.47. The summed E-state index contributed by atoms with van der Waals surface area (Å²) in [6, 6.07) is 0. The molecule has 4 heteroatoms. The molecular weight excluding hydrogens is 162 g/mol. The van der Waals surface area contributed by atoms with Gasteiger partial charge >= 0.3 is 0 Å². The van der Waals surface area contributed by atoms with Gasteiger partial charge in [0.15, 0.2) is 0 Å². The minimum absolute atomic E-state index is 0.0312. The van der Waals surface area contributed by atoms with Gasteiger partial charge in [-0.2, -0.15) is 0 Å². The van der Waals surface area contributed by atoms with Gasteiger partial charge in [0.1, 0.15) is 0 Å². The molecule has 0 bridgehead atoms. The van der Waals surface area contributed by atoms with Gasteiger partial charge in [-0.3, -0.25) is 4.90 Å². The van der Waals surface area contributed by atoms with E-state index in [1.807, 2.05) is 4.90 Å². The number of likely N-dealkylation sites (N-methyl/N-ethyl adjacent to an activating group) is 1. The Bertz CT molecular complexity index is 187. The number of rotatable bonds is 0. The lowest BCUT2D eigenvalue weighted by molar-refractivity contribution is 0.0129. The molecule has 0 amide bonds. The number of nitrogens with zero attached hydrogens (tertiary/aromatic N) is 1. The summed E-state index contributed by atoms with van der Waals surface area (Å²) in [5, 5.41) is 3.15. The van der Waals surface area contributed by atoms with E-state index in [0.29, 0.717) is 0 Å². The minimum atomic E-state index is -2.47. The predicted molar refractivity (Wildman–Crippen MR) is 42.4 cm³/mol. The van der Waals surface area contributed by atoms with E-state index in [1.165, 1.54) is 0 Å². The average molecular weight is 176 g/mol. The van der Waals surface area contributed by atoms with Crippen LogP contribution in [0.3, 0.4) is 0 Å². The van der Waals surface area contributed by atoms with Crippen molar-refractivity contribution in [2.75, 3.05) is 26.7 Å². The van der Waals surface area contributed by atoms with Crippen molar-refractivity contribution in [3.63, 3.8) is 0 Å². The SMILES string of the molecule is CN1CC(F)(F)CC12CCNC2. The third-order valence-corrected chi connectivity index (χ3v) is 3.09. The molecule has 2 aliphatic rings. The molecule has 1 unspecified atom stereocenters. The van der Waals surface area contributed by atoms with Crippen LogP contribution < -0.4 is 5.32 Å². The highest BCUT2D eigenvalue weighted by Gasteiger charge is 2.53. The molecule has 0 saturated carbocycles. The highest BCUT2D eigenvalue weighted by Crippen LogP contribution is 2.41. The lowest BCUT2D eigenvalue weighted by Gasteiger charge is -2.29. The fourth-order valence-electron chi connectivity index (χ4n) is 2.39. The van der Waals surface area contributed by atoms with Crippen LogP contribution in [0.15, 0.2) is 0 Å². The van der Waals surface area contributed by atoms with Gasteiger partial charge in [0, 0.05) is 18.5 Å². The van der Waals surface area contributed by atoms with E-state index in [-0.39, 0.29) is 18.5 Å². The van der Waals surface area contributed by atoms with E-state index in [2.05, 4.69) is 5.32 Å². The zero-order valence-electron chi connectivity index (χ0n) is 7.24. The number of alkyl halides is 2. The van der Waals surface area contributed by atoms with Crippen LogP contribution in [0.5, 0.6) is 0 Å². The van der Waals surface area contributed by atoms with E-state index in [9.17, 15) is 8.78 Å². The number of likely N-dealkylation sites (tertiary alicyclic amines) is 1. The maximum atomic E-state index is 13.0. The van der Waals surface area contributed by atoms with Crippen LogP contribution in [0.1, 0.15) is 12.8 Å². The highest BCUT2D eigenvalue weighted by atomic mass is 19.3. The van der Waals surface area contributed by atoms with E-state index < -0.39 is 5.92 Å².